The molecule has 0 radical (unpaired) electrons. The minimum atomic E-state index is -0.905. The minimum absolute atomic E-state index is 0.580. The van der Waals surface area contributed by atoms with Gasteiger partial charge >= 0.3 is 0 Å². The van der Waals surface area contributed by atoms with E-state index in [0.717, 1.165) is 41.6 Å². The average molecular weight is 418 g/mol. The maximum atomic E-state index is 12.3. The summed E-state index contributed by atoms with van der Waals surface area (Å²) in [6, 6.07) is 15.9. The highest BCUT2D eigenvalue weighted by Crippen LogP contribution is 2.27. The van der Waals surface area contributed by atoms with E-state index in [1.807, 2.05) is 55.6 Å². The third kappa shape index (κ3) is 7.42. The van der Waals surface area contributed by atoms with Gasteiger partial charge in [-0.2, -0.15) is 0 Å². The van der Waals surface area contributed by atoms with Crippen LogP contribution in [0.3, 0.4) is 0 Å². The van der Waals surface area contributed by atoms with Gasteiger partial charge in [-0.15, -0.1) is 0 Å². The molecule has 2 aromatic rings. The molecule has 0 aliphatic heterocycles. The number of hydrogen-bond donors (Lipinski definition) is 1. The third-order valence-electron chi connectivity index (χ3n) is 4.54. The highest BCUT2D eigenvalue weighted by atomic mass is 32.2. The van der Waals surface area contributed by atoms with Gasteiger partial charge in [-0.05, 0) is 29.7 Å². The van der Waals surface area contributed by atoms with Gasteiger partial charge in [0.1, 0.15) is 0 Å². The molecule has 2 aromatic carbocycles. The van der Waals surface area contributed by atoms with E-state index in [1.165, 1.54) is 0 Å². The number of methoxy groups -OCH3 is 2. The molecule has 0 aliphatic carbocycles. The molecule has 29 heavy (non-hydrogen) atoms. The Bertz CT molecular complexity index is 812. The molecule has 0 fully saturated rings. The minimum Gasteiger partial charge on any atom is -0.493 e. The van der Waals surface area contributed by atoms with Crippen LogP contribution in [0.4, 0.5) is 0 Å². The molecule has 0 aliphatic rings. The van der Waals surface area contributed by atoms with E-state index in [-0.39, 0.29) is 0 Å². The number of benzene rings is 2. The van der Waals surface area contributed by atoms with Crippen LogP contribution in [0.25, 0.3) is 0 Å². The van der Waals surface area contributed by atoms with E-state index in [0.29, 0.717) is 18.1 Å². The first kappa shape index (κ1) is 22.7. The van der Waals surface area contributed by atoms with Crippen molar-refractivity contribution in [2.45, 2.75) is 12.2 Å². The van der Waals surface area contributed by atoms with Crippen LogP contribution in [0.1, 0.15) is 11.1 Å². The lowest BCUT2D eigenvalue weighted by Crippen LogP contribution is -2.41. The Morgan fingerprint density at radius 3 is 2.45 bits per heavy atom. The Kier molecular flexibility index (Phi) is 9.50. The summed E-state index contributed by atoms with van der Waals surface area (Å²) in [6.45, 7) is 1.41. The normalized spacial score (nSPS) is 12.3. The van der Waals surface area contributed by atoms with Crippen LogP contribution in [-0.4, -0.2) is 62.2 Å². The van der Waals surface area contributed by atoms with Crippen molar-refractivity contribution in [1.82, 2.24) is 10.2 Å². The molecule has 0 aromatic heterocycles. The Hall–Kier alpha value is -2.54. The van der Waals surface area contributed by atoms with Crippen LogP contribution in [0, 0.1) is 0 Å². The molecule has 1 unspecified atom stereocenters. The van der Waals surface area contributed by atoms with Gasteiger partial charge in [0.25, 0.3) is 0 Å². The van der Waals surface area contributed by atoms with Crippen LogP contribution in [0.2, 0.25) is 0 Å². The maximum absolute atomic E-state index is 12.3. The van der Waals surface area contributed by atoms with Crippen molar-refractivity contribution in [1.29, 1.82) is 0 Å². The van der Waals surface area contributed by atoms with Gasteiger partial charge in [-0.3, -0.25) is 9.20 Å². The van der Waals surface area contributed by atoms with Crippen molar-refractivity contribution in [2.75, 3.05) is 47.2 Å². The fourth-order valence-electron chi connectivity index (χ4n) is 2.93. The number of guanidine groups is 1. The van der Waals surface area contributed by atoms with Crippen molar-refractivity contribution < 1.29 is 13.7 Å². The van der Waals surface area contributed by atoms with E-state index >= 15 is 0 Å². The number of nitrogens with zero attached hydrogens (tertiary/aromatic N) is 2. The lowest BCUT2D eigenvalue weighted by atomic mass is 10.1. The summed E-state index contributed by atoms with van der Waals surface area (Å²) in [5.74, 6) is 3.41. The van der Waals surface area contributed by atoms with Gasteiger partial charge in [-0.1, -0.05) is 36.4 Å². The van der Waals surface area contributed by atoms with Gasteiger partial charge in [0.15, 0.2) is 17.5 Å². The van der Waals surface area contributed by atoms with Gasteiger partial charge < -0.3 is 19.7 Å². The second-order valence-electron chi connectivity index (χ2n) is 6.61. The Morgan fingerprint density at radius 2 is 1.79 bits per heavy atom. The number of likely N-dealkylation sites (N-methyl/N-ethyl adjacent to an activating group) is 1. The first-order valence-electron chi connectivity index (χ1n) is 9.59. The molecule has 0 spiro atoms. The summed E-state index contributed by atoms with van der Waals surface area (Å²) in [5.41, 5.74) is 2.26. The summed E-state index contributed by atoms with van der Waals surface area (Å²) >= 11 is 0. The topological polar surface area (TPSA) is 63.2 Å². The van der Waals surface area contributed by atoms with E-state index in [1.54, 1.807) is 21.3 Å². The monoisotopic (exact) mass is 417 g/mol. The SMILES string of the molecule is CN=C(NCCS(=O)Cc1ccccc1)N(C)CCc1ccc(OC)c(OC)c1. The fourth-order valence-corrected chi connectivity index (χ4v) is 3.97. The molecule has 0 bridgehead atoms. The molecule has 2 rings (SSSR count). The van der Waals surface area contributed by atoms with Gasteiger partial charge in [0, 0.05) is 49.5 Å². The number of nitrogens with one attached hydrogen (secondary N) is 1. The molecule has 6 nitrogen and oxygen atoms in total. The Balaban J connectivity index is 1.78. The number of aliphatic imine (C=N–C) groups is 1. The Morgan fingerprint density at radius 1 is 1.07 bits per heavy atom. The summed E-state index contributed by atoms with van der Waals surface area (Å²) in [6.07, 6.45) is 0.845. The summed E-state index contributed by atoms with van der Waals surface area (Å²) < 4.78 is 22.9. The Labute approximate surface area is 176 Å². The zero-order chi connectivity index (χ0) is 21.1. The summed E-state index contributed by atoms with van der Waals surface area (Å²) in [5, 5.41) is 3.30. The zero-order valence-electron chi connectivity index (χ0n) is 17.7. The van der Waals surface area contributed by atoms with E-state index in [2.05, 4.69) is 15.2 Å². The molecule has 0 saturated carbocycles. The third-order valence-corrected chi connectivity index (χ3v) is 5.86. The first-order chi connectivity index (χ1) is 14.1. The van der Waals surface area contributed by atoms with Gasteiger partial charge in [-0.25, -0.2) is 0 Å². The van der Waals surface area contributed by atoms with Crippen LogP contribution < -0.4 is 14.8 Å². The molecular weight excluding hydrogens is 386 g/mol. The molecule has 0 heterocycles. The molecule has 7 heteroatoms. The fraction of sp³-hybridized carbons (Fsp3) is 0.409. The second kappa shape index (κ2) is 12.1. The van der Waals surface area contributed by atoms with Crippen LogP contribution in [0.5, 0.6) is 11.5 Å². The number of rotatable bonds is 10. The zero-order valence-corrected chi connectivity index (χ0v) is 18.5. The van der Waals surface area contributed by atoms with Crippen molar-refractivity contribution in [3.8, 4) is 11.5 Å². The summed E-state index contributed by atoms with van der Waals surface area (Å²) in [4.78, 5) is 6.40. The van der Waals surface area contributed by atoms with Crippen molar-refractivity contribution in [3.05, 3.63) is 59.7 Å². The number of ether oxygens (including phenoxy) is 2. The standard InChI is InChI=1S/C22H31N3O3S/c1-23-22(24-13-15-29(26)17-19-8-6-5-7-9-19)25(2)14-12-18-10-11-20(27-3)21(16-18)28-4/h5-11,16H,12-15,17H2,1-4H3,(H,23,24). The van der Waals surface area contributed by atoms with Crippen LogP contribution >= 0.6 is 0 Å². The molecule has 158 valence electrons. The lowest BCUT2D eigenvalue weighted by molar-refractivity contribution is 0.354. The van der Waals surface area contributed by atoms with E-state index in [9.17, 15) is 4.21 Å². The smallest absolute Gasteiger partial charge is 0.193 e. The van der Waals surface area contributed by atoms with E-state index < -0.39 is 10.8 Å². The second-order valence-corrected chi connectivity index (χ2v) is 8.19. The lowest BCUT2D eigenvalue weighted by Gasteiger charge is -2.22. The largest absolute Gasteiger partial charge is 0.493 e. The molecule has 0 saturated heterocycles. The van der Waals surface area contributed by atoms with Crippen LogP contribution in [0.15, 0.2) is 53.5 Å². The van der Waals surface area contributed by atoms with Crippen molar-refractivity contribution in [2.24, 2.45) is 4.99 Å². The first-order valence-corrected chi connectivity index (χ1v) is 11.1. The maximum Gasteiger partial charge on any atom is 0.193 e. The molecule has 1 N–H and O–H groups in total. The predicted octanol–water partition coefficient (Wildman–Crippen LogP) is 2.70. The molecule has 0 amide bonds. The molecular formula is C22H31N3O3S. The van der Waals surface area contributed by atoms with Gasteiger partial charge in [0.05, 0.1) is 14.2 Å². The quantitative estimate of drug-likeness (QED) is 0.476. The highest BCUT2D eigenvalue weighted by molar-refractivity contribution is 7.84. The molecule has 1 atom stereocenters. The van der Waals surface area contributed by atoms with Crippen LogP contribution in [-0.2, 0) is 23.0 Å². The van der Waals surface area contributed by atoms with Crippen molar-refractivity contribution in [3.63, 3.8) is 0 Å². The average Bonchev–Trinajstić information content (AvgIpc) is 2.75. The highest BCUT2D eigenvalue weighted by Gasteiger charge is 2.09. The van der Waals surface area contributed by atoms with Gasteiger partial charge in [0.2, 0.25) is 0 Å². The van der Waals surface area contributed by atoms with E-state index in [4.69, 9.17) is 9.47 Å². The summed E-state index contributed by atoms with van der Waals surface area (Å²) in [7, 11) is 6.13. The number of hydrogen-bond acceptors (Lipinski definition) is 4. The predicted molar refractivity (Wildman–Crippen MR) is 120 cm³/mol. The van der Waals surface area contributed by atoms with Crippen molar-refractivity contribution >= 4 is 16.8 Å².